The van der Waals surface area contributed by atoms with Crippen LogP contribution < -0.4 is 22.1 Å². The van der Waals surface area contributed by atoms with E-state index in [1.54, 1.807) is 7.05 Å². The molecule has 0 radical (unpaired) electrons. The van der Waals surface area contributed by atoms with E-state index in [-0.39, 0.29) is 18.5 Å². The molecule has 0 aliphatic carbocycles. The number of carbonyl (C=O) groups excluding carboxylic acids is 1. The van der Waals surface area contributed by atoms with Crippen molar-refractivity contribution in [2.24, 2.45) is 11.5 Å². The SMILES string of the molecule is CNCC(=O)O.N=C(N)NCCC[C@H](N)C=O.O=C(O)C(F)(F)F.O=C(O)C(F)(F)F.O=[SH2]=O. The number of aliphatic carboxylic acids is 3. The maximum absolute atomic E-state index is 10.6. The zero-order chi connectivity index (χ0) is 28.5. The third-order valence-electron chi connectivity index (χ3n) is 2.02. The Kier molecular flexibility index (Phi) is 29.5. The number of rotatable bonds is 7. The number of nitrogens with two attached hydrogens (primary N) is 2. The van der Waals surface area contributed by atoms with E-state index in [0.717, 1.165) is 6.42 Å². The van der Waals surface area contributed by atoms with Gasteiger partial charge < -0.3 is 42.2 Å². The molecular formula is C13H25F6N5O9S. The number of carbonyl (C=O) groups is 4. The number of hydrogen-bond acceptors (Lipinski definition) is 9. The highest BCUT2D eigenvalue weighted by atomic mass is 32.1. The van der Waals surface area contributed by atoms with E-state index in [2.05, 4.69) is 10.6 Å². The molecular weight excluding hydrogens is 516 g/mol. The normalized spacial score (nSPS) is 10.5. The Bertz CT molecular complexity index is 620. The number of aldehydes is 1. The third kappa shape index (κ3) is 51.4. The van der Waals surface area contributed by atoms with Gasteiger partial charge in [0.05, 0.1) is 12.6 Å². The summed E-state index contributed by atoms with van der Waals surface area (Å²) >= 11 is -1.42. The Balaban J connectivity index is -0.000000108. The Morgan fingerprint density at radius 3 is 1.50 bits per heavy atom. The minimum absolute atomic E-state index is 0.0417. The maximum atomic E-state index is 10.6. The van der Waals surface area contributed by atoms with Crippen molar-refractivity contribution in [3.63, 3.8) is 0 Å². The van der Waals surface area contributed by atoms with E-state index in [0.29, 0.717) is 19.3 Å². The Labute approximate surface area is 190 Å². The fourth-order valence-corrected chi connectivity index (χ4v) is 0.780. The topological polar surface area (TPSA) is 263 Å². The summed E-state index contributed by atoms with van der Waals surface area (Å²) in [5.74, 6) is -6.39. The van der Waals surface area contributed by atoms with Crippen LogP contribution in [-0.4, -0.2) is 92.4 Å². The van der Waals surface area contributed by atoms with Gasteiger partial charge in [0.15, 0.2) is 5.96 Å². The van der Waals surface area contributed by atoms with Crippen LogP contribution in [0.3, 0.4) is 0 Å². The molecule has 0 spiro atoms. The molecule has 0 saturated heterocycles. The van der Waals surface area contributed by atoms with E-state index >= 15 is 0 Å². The first kappa shape index (κ1) is 41.1. The molecule has 10 N–H and O–H groups in total. The molecule has 0 aromatic heterocycles. The van der Waals surface area contributed by atoms with E-state index in [1.807, 2.05) is 0 Å². The van der Waals surface area contributed by atoms with Crippen LogP contribution in [0.2, 0.25) is 0 Å². The van der Waals surface area contributed by atoms with E-state index in [1.165, 1.54) is 0 Å². The first-order valence-electron chi connectivity index (χ1n) is 7.99. The summed E-state index contributed by atoms with van der Waals surface area (Å²) in [6, 6.07) is -0.385. The first-order chi connectivity index (χ1) is 15.2. The van der Waals surface area contributed by atoms with Gasteiger partial charge in [0.25, 0.3) is 0 Å². The van der Waals surface area contributed by atoms with Crippen LogP contribution in [0.15, 0.2) is 0 Å². The van der Waals surface area contributed by atoms with Gasteiger partial charge in [-0.3, -0.25) is 10.2 Å². The summed E-state index contributed by atoms with van der Waals surface area (Å²) in [4.78, 5) is 37.3. The highest BCUT2D eigenvalue weighted by Gasteiger charge is 2.38. The molecule has 34 heavy (non-hydrogen) atoms. The fraction of sp³-hybridized carbons (Fsp3) is 0.615. The molecule has 0 bridgehead atoms. The molecule has 0 saturated carbocycles. The number of likely N-dealkylation sites (N-methyl/N-ethyl adjacent to an activating group) is 1. The first-order valence-corrected chi connectivity index (χ1v) is 8.80. The Hall–Kier alpha value is -3.20. The highest BCUT2D eigenvalue weighted by molar-refractivity contribution is 7.51. The quantitative estimate of drug-likeness (QED) is 0.0578. The van der Waals surface area contributed by atoms with Gasteiger partial charge in [-0.1, -0.05) is 0 Å². The molecule has 0 aromatic rings. The Morgan fingerprint density at radius 2 is 1.35 bits per heavy atom. The minimum atomic E-state index is -5.08. The van der Waals surface area contributed by atoms with E-state index in [4.69, 9.17) is 50.2 Å². The minimum Gasteiger partial charge on any atom is -0.480 e. The third-order valence-corrected chi connectivity index (χ3v) is 2.02. The monoisotopic (exact) mass is 541 g/mol. The number of nitrogens with one attached hydrogen (secondary N) is 3. The van der Waals surface area contributed by atoms with Crippen LogP contribution in [0, 0.1) is 5.41 Å². The zero-order valence-corrected chi connectivity index (χ0v) is 18.2. The van der Waals surface area contributed by atoms with Gasteiger partial charge in [-0.05, 0) is 19.9 Å². The largest absolute Gasteiger partial charge is 0.490 e. The lowest BCUT2D eigenvalue weighted by Gasteiger charge is -2.04. The van der Waals surface area contributed by atoms with Crippen molar-refractivity contribution in [3.05, 3.63) is 0 Å². The molecule has 0 amide bonds. The summed E-state index contributed by atoms with van der Waals surface area (Å²) in [5, 5.41) is 34.0. The lowest BCUT2D eigenvalue weighted by atomic mass is 10.2. The summed E-state index contributed by atoms with van der Waals surface area (Å²) < 4.78 is 80.3. The van der Waals surface area contributed by atoms with Crippen molar-refractivity contribution in [1.82, 2.24) is 10.6 Å². The predicted molar refractivity (Wildman–Crippen MR) is 104 cm³/mol. The zero-order valence-electron chi connectivity index (χ0n) is 17.2. The van der Waals surface area contributed by atoms with Crippen LogP contribution in [0.25, 0.3) is 0 Å². The molecule has 0 aliphatic rings. The molecule has 0 unspecified atom stereocenters. The van der Waals surface area contributed by atoms with Crippen molar-refractivity contribution < 1.29 is 69.3 Å². The number of halogens is 6. The molecule has 21 heteroatoms. The van der Waals surface area contributed by atoms with Crippen LogP contribution in [0.4, 0.5) is 26.3 Å². The molecule has 0 aliphatic heterocycles. The summed E-state index contributed by atoms with van der Waals surface area (Å²) in [7, 11) is 1.59. The molecule has 0 heterocycles. The van der Waals surface area contributed by atoms with Crippen LogP contribution in [-0.2, 0) is 30.7 Å². The molecule has 14 nitrogen and oxygen atoms in total. The van der Waals surface area contributed by atoms with Gasteiger partial charge in [0.1, 0.15) is 17.9 Å². The number of carboxylic acids is 3. The van der Waals surface area contributed by atoms with Crippen LogP contribution in [0.1, 0.15) is 12.8 Å². The van der Waals surface area contributed by atoms with Gasteiger partial charge in [0, 0.05) is 6.54 Å². The average Bonchev–Trinajstić information content (AvgIpc) is 2.65. The lowest BCUT2D eigenvalue weighted by Crippen LogP contribution is -2.32. The predicted octanol–water partition coefficient (Wildman–Crippen LogP) is -1.87. The number of alkyl halides is 6. The maximum Gasteiger partial charge on any atom is 0.490 e. The summed E-state index contributed by atoms with van der Waals surface area (Å²) in [6.45, 7) is 0.636. The molecule has 0 fully saturated rings. The molecule has 204 valence electrons. The van der Waals surface area contributed by atoms with Crippen molar-refractivity contribution in [1.29, 1.82) is 5.41 Å². The van der Waals surface area contributed by atoms with Crippen LogP contribution in [0.5, 0.6) is 0 Å². The van der Waals surface area contributed by atoms with Crippen molar-refractivity contribution in [3.8, 4) is 0 Å². The van der Waals surface area contributed by atoms with Crippen molar-refractivity contribution in [2.45, 2.75) is 31.2 Å². The molecule has 0 aromatic carbocycles. The Morgan fingerprint density at radius 1 is 1.03 bits per heavy atom. The second-order valence-corrected chi connectivity index (χ2v) is 5.06. The fourth-order valence-electron chi connectivity index (χ4n) is 0.780. The number of hydrogen-bond donors (Lipinski definition) is 8. The van der Waals surface area contributed by atoms with Gasteiger partial charge in [-0.15, -0.1) is 0 Å². The summed E-state index contributed by atoms with van der Waals surface area (Å²) in [5.41, 5.74) is 10.3. The van der Waals surface area contributed by atoms with Crippen molar-refractivity contribution in [2.75, 3.05) is 20.1 Å². The smallest absolute Gasteiger partial charge is 0.480 e. The number of guanidine groups is 1. The molecule has 1 atom stereocenters. The van der Waals surface area contributed by atoms with Crippen LogP contribution >= 0.6 is 0 Å². The number of carboxylic acid groups (broad SMARTS) is 3. The second kappa shape index (κ2) is 24.4. The van der Waals surface area contributed by atoms with Gasteiger partial charge >= 0.3 is 30.3 Å². The van der Waals surface area contributed by atoms with Gasteiger partial charge in [-0.25, -0.2) is 18.0 Å². The standard InChI is InChI=1S/C6H14N4O.C3H7NO2.2C2HF3O2.H2O2S/c7-5(4-11)2-1-3-10-6(8)9;1-4-2-3(5)6;2*3-2(4,5)1(6)7;1-3-2/h4-5H,1-3,7H2,(H4,8,9,10);4H,2H2,1H3,(H,5,6);2*(H,6,7);3H2/t5-;;;;/m0..../s1. The van der Waals surface area contributed by atoms with Gasteiger partial charge in [0.2, 0.25) is 0 Å². The lowest BCUT2D eigenvalue weighted by molar-refractivity contribution is -0.193. The van der Waals surface area contributed by atoms with E-state index < -0.39 is 41.8 Å². The average molecular weight is 541 g/mol. The van der Waals surface area contributed by atoms with E-state index in [9.17, 15) is 35.9 Å². The molecule has 0 rings (SSSR count). The summed E-state index contributed by atoms with van der Waals surface area (Å²) in [6.07, 6.45) is -8.07. The second-order valence-electron chi connectivity index (χ2n) is 4.90. The van der Waals surface area contributed by atoms with Crippen molar-refractivity contribution >= 4 is 41.7 Å². The van der Waals surface area contributed by atoms with Gasteiger partial charge in [-0.2, -0.15) is 26.3 Å². The highest BCUT2D eigenvalue weighted by Crippen LogP contribution is 2.13.